The zero-order valence-electron chi connectivity index (χ0n) is 22.0. The third-order valence-electron chi connectivity index (χ3n) is 7.14. The molecule has 1 fully saturated rings. The van der Waals surface area contributed by atoms with Crippen molar-refractivity contribution in [2.75, 3.05) is 40.0 Å². The number of nitrogens with zero attached hydrogens (tertiary/aromatic N) is 3. The lowest BCUT2D eigenvalue weighted by Gasteiger charge is -2.38. The van der Waals surface area contributed by atoms with Crippen LogP contribution >= 0.6 is 0 Å². The van der Waals surface area contributed by atoms with Gasteiger partial charge in [0.25, 0.3) is 5.91 Å². The second kappa shape index (κ2) is 12.4. The van der Waals surface area contributed by atoms with Gasteiger partial charge in [0.2, 0.25) is 11.8 Å². The van der Waals surface area contributed by atoms with Crippen molar-refractivity contribution in [3.63, 3.8) is 0 Å². The van der Waals surface area contributed by atoms with E-state index >= 15 is 0 Å². The van der Waals surface area contributed by atoms with Crippen molar-refractivity contribution < 1.29 is 28.6 Å². The van der Waals surface area contributed by atoms with E-state index in [0.717, 1.165) is 0 Å². The first-order chi connectivity index (χ1) is 18.3. The quantitative estimate of drug-likeness (QED) is 0.606. The largest absolute Gasteiger partial charge is 0.472 e. The van der Waals surface area contributed by atoms with Crippen molar-refractivity contribution in [1.29, 1.82) is 0 Å². The van der Waals surface area contributed by atoms with Crippen LogP contribution < -0.4 is 4.74 Å². The number of fused-ring (bicyclic) bond motifs is 1. The Balaban J connectivity index is 1.63. The molecule has 0 spiro atoms. The molecule has 1 saturated heterocycles. The van der Waals surface area contributed by atoms with Gasteiger partial charge in [-0.3, -0.25) is 9.59 Å². The molecule has 1 aromatic heterocycles. The minimum Gasteiger partial charge on any atom is -0.472 e. The Bertz CT molecular complexity index is 1220. The van der Waals surface area contributed by atoms with E-state index in [-0.39, 0.29) is 47.3 Å². The smallest absolute Gasteiger partial charge is 0.259 e. The van der Waals surface area contributed by atoms with Crippen molar-refractivity contribution in [3.05, 3.63) is 59.0 Å². The van der Waals surface area contributed by atoms with Crippen LogP contribution in [0.3, 0.4) is 0 Å². The molecule has 2 aliphatic rings. The van der Waals surface area contributed by atoms with Crippen molar-refractivity contribution in [1.82, 2.24) is 14.8 Å². The van der Waals surface area contributed by atoms with Gasteiger partial charge in [-0.2, -0.15) is 0 Å². The summed E-state index contributed by atoms with van der Waals surface area (Å²) in [5.41, 5.74) is 0.877. The summed E-state index contributed by atoms with van der Waals surface area (Å²) in [5.74, 6) is 4.87. The lowest BCUT2D eigenvalue weighted by Crippen LogP contribution is -2.51. The molecule has 1 aromatic carbocycles. The lowest BCUT2D eigenvalue weighted by atomic mass is 9.97. The van der Waals surface area contributed by atoms with Crippen LogP contribution in [0.5, 0.6) is 5.88 Å². The number of hydrogen-bond donors (Lipinski definition) is 1. The zero-order valence-corrected chi connectivity index (χ0v) is 22.0. The molecule has 0 radical (unpaired) electrons. The molecule has 3 heterocycles. The Labute approximate surface area is 222 Å². The fraction of sp³-hybridized carbons (Fsp3) is 0.483. The summed E-state index contributed by atoms with van der Waals surface area (Å²) in [6.07, 6.45) is 2.44. The van der Waals surface area contributed by atoms with Gasteiger partial charge in [-0.25, -0.2) is 9.37 Å². The number of rotatable bonds is 5. The number of halogens is 1. The van der Waals surface area contributed by atoms with Crippen molar-refractivity contribution in [2.24, 2.45) is 11.8 Å². The van der Waals surface area contributed by atoms with E-state index in [1.165, 1.54) is 12.3 Å². The zero-order chi connectivity index (χ0) is 27.2. The number of aromatic nitrogens is 1. The molecule has 1 N–H and O–H groups in total. The maximum atomic E-state index is 14.0. The van der Waals surface area contributed by atoms with Crippen molar-refractivity contribution >= 4 is 11.8 Å². The van der Waals surface area contributed by atoms with Gasteiger partial charge >= 0.3 is 0 Å². The Morgan fingerprint density at radius 2 is 2.03 bits per heavy atom. The number of aliphatic hydroxyl groups excluding tert-OH is 1. The van der Waals surface area contributed by atoms with E-state index in [9.17, 15) is 19.1 Å². The summed E-state index contributed by atoms with van der Waals surface area (Å²) in [4.78, 5) is 34.3. The number of likely N-dealkylation sites (N-methyl/N-ethyl adjacent to an activating group) is 1. The maximum Gasteiger partial charge on any atom is 0.259 e. The Morgan fingerprint density at radius 3 is 2.74 bits per heavy atom. The molecule has 2 aliphatic heterocycles. The first kappa shape index (κ1) is 27.6. The van der Waals surface area contributed by atoms with Crippen LogP contribution in [0.1, 0.15) is 48.2 Å². The number of pyridine rings is 1. The monoisotopic (exact) mass is 523 g/mol. The van der Waals surface area contributed by atoms with E-state index < -0.39 is 18.0 Å². The molecule has 0 aliphatic carbocycles. The highest BCUT2D eigenvalue weighted by molar-refractivity contribution is 5.97. The molecule has 9 heteroatoms. The molecular formula is C29H34FN3O5. The molecule has 0 unspecified atom stereocenters. The number of benzene rings is 1. The highest BCUT2D eigenvalue weighted by Crippen LogP contribution is 2.28. The third kappa shape index (κ3) is 6.32. The van der Waals surface area contributed by atoms with Crippen LogP contribution in [0.2, 0.25) is 0 Å². The van der Waals surface area contributed by atoms with Gasteiger partial charge < -0.3 is 24.4 Å². The molecule has 2 amide bonds. The predicted octanol–water partition coefficient (Wildman–Crippen LogP) is 2.73. The third-order valence-corrected chi connectivity index (χ3v) is 7.14. The first-order valence-corrected chi connectivity index (χ1v) is 13.0. The Morgan fingerprint density at radius 1 is 1.29 bits per heavy atom. The number of aliphatic hydroxyl groups is 1. The van der Waals surface area contributed by atoms with Crippen LogP contribution in [-0.4, -0.2) is 83.8 Å². The fourth-order valence-corrected chi connectivity index (χ4v) is 4.71. The summed E-state index contributed by atoms with van der Waals surface area (Å²) in [6, 6.07) is 7.34. The van der Waals surface area contributed by atoms with Gasteiger partial charge in [0.1, 0.15) is 17.5 Å². The van der Waals surface area contributed by atoms with Gasteiger partial charge in [-0.1, -0.05) is 30.9 Å². The number of amides is 2. The van der Waals surface area contributed by atoms with E-state index in [2.05, 4.69) is 16.8 Å². The van der Waals surface area contributed by atoms with Crippen LogP contribution in [0.15, 0.2) is 36.5 Å². The SMILES string of the molecule is C[C@@H]1CN([C@H](C)CO)C(=O)c2cc(C#Cc3ccccc3F)cnc2O[C@H]1CN(C)C(=O)C1CCOCC1. The van der Waals surface area contributed by atoms with Crippen LogP contribution in [-0.2, 0) is 9.53 Å². The minimum atomic E-state index is -0.439. The summed E-state index contributed by atoms with van der Waals surface area (Å²) >= 11 is 0. The van der Waals surface area contributed by atoms with Crippen LogP contribution in [0.25, 0.3) is 0 Å². The van der Waals surface area contributed by atoms with Crippen LogP contribution in [0, 0.1) is 29.5 Å². The lowest BCUT2D eigenvalue weighted by molar-refractivity contribution is -0.138. The highest BCUT2D eigenvalue weighted by atomic mass is 19.1. The number of carbonyl (C=O) groups excluding carboxylic acids is 2. The normalized spacial score (nSPS) is 20.8. The molecular weight excluding hydrogens is 489 g/mol. The average Bonchev–Trinajstić information content (AvgIpc) is 2.94. The van der Waals surface area contributed by atoms with Crippen molar-refractivity contribution in [3.8, 4) is 17.7 Å². The minimum absolute atomic E-state index is 0.0507. The number of carbonyl (C=O) groups is 2. The molecule has 0 saturated carbocycles. The van der Waals surface area contributed by atoms with E-state index in [4.69, 9.17) is 9.47 Å². The van der Waals surface area contributed by atoms with Crippen LogP contribution in [0.4, 0.5) is 4.39 Å². The topological polar surface area (TPSA) is 92.2 Å². The summed E-state index contributed by atoms with van der Waals surface area (Å²) < 4.78 is 25.7. The molecule has 3 atom stereocenters. The van der Waals surface area contributed by atoms with Gasteiger partial charge in [-0.05, 0) is 38.0 Å². The van der Waals surface area contributed by atoms with Gasteiger partial charge in [0, 0.05) is 50.4 Å². The summed E-state index contributed by atoms with van der Waals surface area (Å²) in [5, 5.41) is 9.86. The molecule has 38 heavy (non-hydrogen) atoms. The summed E-state index contributed by atoms with van der Waals surface area (Å²) in [6.45, 7) is 5.34. The van der Waals surface area contributed by atoms with E-state index in [1.807, 2.05) is 6.92 Å². The van der Waals surface area contributed by atoms with Gasteiger partial charge in [0.05, 0.1) is 24.8 Å². The molecule has 8 nitrogen and oxygen atoms in total. The van der Waals surface area contributed by atoms with Gasteiger partial charge in [-0.15, -0.1) is 0 Å². The number of hydrogen-bond acceptors (Lipinski definition) is 6. The second-order valence-electron chi connectivity index (χ2n) is 10.0. The maximum absolute atomic E-state index is 14.0. The fourth-order valence-electron chi connectivity index (χ4n) is 4.71. The molecule has 4 rings (SSSR count). The highest BCUT2D eigenvalue weighted by Gasteiger charge is 2.35. The van der Waals surface area contributed by atoms with E-state index in [0.29, 0.717) is 44.7 Å². The first-order valence-electron chi connectivity index (χ1n) is 13.0. The number of ether oxygens (including phenoxy) is 2. The second-order valence-corrected chi connectivity index (χ2v) is 10.0. The van der Waals surface area contributed by atoms with E-state index in [1.54, 1.807) is 48.0 Å². The predicted molar refractivity (Wildman–Crippen MR) is 139 cm³/mol. The molecule has 2 aromatic rings. The van der Waals surface area contributed by atoms with Gasteiger partial charge in [0.15, 0.2) is 0 Å². The Kier molecular flexibility index (Phi) is 8.97. The Hall–Kier alpha value is -3.48. The average molecular weight is 524 g/mol. The standard InChI is InChI=1S/C29H34FN3O5/c1-19-16-33(20(2)18-34)29(36)24-14-21(8-9-22-6-4-5-7-25(22)30)15-31-27(24)38-26(19)17-32(3)28(35)23-10-12-37-13-11-23/h4-7,14-15,19-20,23,26,34H,10-13,16-18H2,1-3H3/t19-,20-,26+/m1/s1. The summed E-state index contributed by atoms with van der Waals surface area (Å²) in [7, 11) is 1.77. The molecule has 202 valence electrons. The molecule has 0 bridgehead atoms. The van der Waals surface area contributed by atoms with Crippen molar-refractivity contribution in [2.45, 2.75) is 38.8 Å².